The molecule has 0 bridgehead atoms. The minimum Gasteiger partial charge on any atom is -0.456 e. The minimum atomic E-state index is 0.914. The molecular formula is C52H30OS. The second-order valence-electron chi connectivity index (χ2n) is 14.3. The fraction of sp³-hybridized carbons (Fsp3) is 0. The van der Waals surface area contributed by atoms with Crippen LogP contribution in [0.3, 0.4) is 0 Å². The Balaban J connectivity index is 1.10. The Morgan fingerprint density at radius 3 is 1.61 bits per heavy atom. The molecule has 0 radical (unpaired) electrons. The molecule has 0 spiro atoms. The van der Waals surface area contributed by atoms with Crippen LogP contribution in [0.25, 0.3) is 119 Å². The van der Waals surface area contributed by atoms with Crippen LogP contribution in [0.1, 0.15) is 0 Å². The lowest BCUT2D eigenvalue weighted by atomic mass is 9.83. The highest BCUT2D eigenvalue weighted by atomic mass is 32.1. The van der Waals surface area contributed by atoms with Gasteiger partial charge in [0.1, 0.15) is 11.2 Å². The average Bonchev–Trinajstić information content (AvgIpc) is 3.81. The smallest absolute Gasteiger partial charge is 0.136 e. The third-order valence-electron chi connectivity index (χ3n) is 11.5. The van der Waals surface area contributed by atoms with Gasteiger partial charge in [0.15, 0.2) is 0 Å². The van der Waals surface area contributed by atoms with E-state index in [0.29, 0.717) is 0 Å². The predicted molar refractivity (Wildman–Crippen MR) is 233 cm³/mol. The lowest BCUT2D eigenvalue weighted by Crippen LogP contribution is -1.92. The molecule has 54 heavy (non-hydrogen) atoms. The van der Waals surface area contributed by atoms with E-state index in [1.165, 1.54) is 96.5 Å². The molecule has 0 saturated carbocycles. The predicted octanol–water partition coefficient (Wildman–Crippen LogP) is 15.6. The van der Waals surface area contributed by atoms with Crippen LogP contribution in [-0.2, 0) is 0 Å². The number of thiophene rings is 1. The van der Waals surface area contributed by atoms with Gasteiger partial charge >= 0.3 is 0 Å². The summed E-state index contributed by atoms with van der Waals surface area (Å²) in [7, 11) is 0. The minimum absolute atomic E-state index is 0.914. The summed E-state index contributed by atoms with van der Waals surface area (Å²) in [5, 5.41) is 15.0. The molecule has 1 nitrogen and oxygen atoms in total. The molecule has 12 aromatic rings. The van der Waals surface area contributed by atoms with E-state index in [-0.39, 0.29) is 0 Å². The lowest BCUT2D eigenvalue weighted by molar-refractivity contribution is 0.669. The van der Waals surface area contributed by atoms with Crippen molar-refractivity contribution in [2.45, 2.75) is 0 Å². The van der Waals surface area contributed by atoms with Gasteiger partial charge in [0.05, 0.1) is 0 Å². The fourth-order valence-corrected chi connectivity index (χ4v) is 10.5. The van der Waals surface area contributed by atoms with Crippen LogP contribution in [0.5, 0.6) is 0 Å². The molecule has 10 aromatic carbocycles. The molecule has 12 rings (SSSR count). The van der Waals surface area contributed by atoms with E-state index in [1.807, 2.05) is 11.3 Å². The van der Waals surface area contributed by atoms with Gasteiger partial charge in [-0.25, -0.2) is 0 Å². The van der Waals surface area contributed by atoms with Gasteiger partial charge in [0.2, 0.25) is 0 Å². The van der Waals surface area contributed by atoms with Gasteiger partial charge in [-0.05, 0) is 101 Å². The maximum absolute atomic E-state index is 6.73. The Bertz CT molecular complexity index is 3440. The first-order valence-corrected chi connectivity index (χ1v) is 19.3. The molecule has 2 heterocycles. The Morgan fingerprint density at radius 1 is 0.315 bits per heavy atom. The summed E-state index contributed by atoms with van der Waals surface area (Å²) in [6.07, 6.45) is 0. The zero-order chi connectivity index (χ0) is 35.3. The molecule has 0 N–H and O–H groups in total. The number of rotatable bonds is 3. The summed E-state index contributed by atoms with van der Waals surface area (Å²) < 4.78 is 9.35. The van der Waals surface area contributed by atoms with Gasteiger partial charge < -0.3 is 4.42 Å². The van der Waals surface area contributed by atoms with Gasteiger partial charge in [-0.3, -0.25) is 0 Å². The van der Waals surface area contributed by atoms with Gasteiger partial charge in [0.25, 0.3) is 0 Å². The largest absolute Gasteiger partial charge is 0.456 e. The highest BCUT2D eigenvalue weighted by Crippen LogP contribution is 2.48. The van der Waals surface area contributed by atoms with Crippen molar-refractivity contribution < 1.29 is 4.42 Å². The topological polar surface area (TPSA) is 13.1 Å². The first-order chi connectivity index (χ1) is 26.8. The van der Waals surface area contributed by atoms with E-state index in [2.05, 4.69) is 182 Å². The molecule has 0 amide bonds. The second kappa shape index (κ2) is 11.4. The maximum atomic E-state index is 6.73. The summed E-state index contributed by atoms with van der Waals surface area (Å²) in [6, 6.07) is 66.5. The van der Waals surface area contributed by atoms with Crippen LogP contribution >= 0.6 is 11.3 Å². The SMILES string of the molecule is c1ccc(-c2ccc(-c3c4ccccc4c(-c4ccc5c(c4)oc4ccc6c7ccc8ccccc8c7sc6c45)c4ccccc34)c3ccccc23)cc1. The van der Waals surface area contributed by atoms with Crippen molar-refractivity contribution in [1.82, 2.24) is 0 Å². The molecule has 2 heteroatoms. The van der Waals surface area contributed by atoms with Crippen LogP contribution in [-0.4, -0.2) is 0 Å². The molecule has 0 unspecified atom stereocenters. The average molecular weight is 703 g/mol. The number of fused-ring (bicyclic) bond motifs is 12. The van der Waals surface area contributed by atoms with E-state index in [9.17, 15) is 0 Å². The molecule has 0 saturated heterocycles. The molecule has 0 aliphatic carbocycles. The van der Waals surface area contributed by atoms with Crippen molar-refractivity contribution in [3.8, 4) is 33.4 Å². The van der Waals surface area contributed by atoms with Gasteiger partial charge in [-0.1, -0.05) is 158 Å². The summed E-state index contributed by atoms with van der Waals surface area (Å²) in [4.78, 5) is 0. The van der Waals surface area contributed by atoms with Crippen molar-refractivity contribution in [3.63, 3.8) is 0 Å². The van der Waals surface area contributed by atoms with E-state index in [0.717, 1.165) is 22.1 Å². The van der Waals surface area contributed by atoms with Crippen LogP contribution in [0.15, 0.2) is 186 Å². The van der Waals surface area contributed by atoms with E-state index in [1.54, 1.807) is 0 Å². The van der Waals surface area contributed by atoms with Gasteiger partial charge in [-0.2, -0.15) is 0 Å². The van der Waals surface area contributed by atoms with Crippen LogP contribution in [0, 0.1) is 0 Å². The standard InChI is InChI=1S/C52H30OS/c1-2-12-31(13-3-1)34-26-27-42(37-17-7-6-16-36(34)37)49-40-20-10-8-18-38(40)48(39-19-9-11-21-41(39)49)33-23-25-45-47(30-33)53-46-29-28-44-43-24-22-32-14-4-5-15-35(32)51(43)54-52(44)50(45)46/h1-30H. The highest BCUT2D eigenvalue weighted by molar-refractivity contribution is 7.27. The van der Waals surface area contributed by atoms with Gasteiger partial charge in [0, 0.05) is 30.9 Å². The highest BCUT2D eigenvalue weighted by Gasteiger charge is 2.21. The third kappa shape index (κ3) is 4.20. The second-order valence-corrected chi connectivity index (χ2v) is 15.3. The van der Waals surface area contributed by atoms with Crippen molar-refractivity contribution in [1.29, 1.82) is 0 Å². The summed E-state index contributed by atoms with van der Waals surface area (Å²) in [5.74, 6) is 0. The van der Waals surface area contributed by atoms with Crippen molar-refractivity contribution in [2.24, 2.45) is 0 Å². The quantitative estimate of drug-likeness (QED) is 0.167. The van der Waals surface area contributed by atoms with E-state index >= 15 is 0 Å². The van der Waals surface area contributed by atoms with Crippen molar-refractivity contribution in [3.05, 3.63) is 182 Å². The summed E-state index contributed by atoms with van der Waals surface area (Å²) in [5.41, 5.74) is 9.23. The number of furan rings is 1. The number of benzene rings is 10. The fourth-order valence-electron chi connectivity index (χ4n) is 9.09. The Hall–Kier alpha value is -6.74. The molecule has 0 aliphatic heterocycles. The Labute approximate surface area is 314 Å². The van der Waals surface area contributed by atoms with Crippen LogP contribution < -0.4 is 0 Å². The van der Waals surface area contributed by atoms with Crippen LogP contribution in [0.2, 0.25) is 0 Å². The Morgan fingerprint density at radius 2 is 0.870 bits per heavy atom. The maximum Gasteiger partial charge on any atom is 0.136 e. The number of hydrogen-bond donors (Lipinski definition) is 0. The summed E-state index contributed by atoms with van der Waals surface area (Å²) >= 11 is 1.88. The zero-order valence-electron chi connectivity index (χ0n) is 29.1. The lowest BCUT2D eigenvalue weighted by Gasteiger charge is -2.19. The molecule has 0 atom stereocenters. The normalized spacial score (nSPS) is 12.1. The third-order valence-corrected chi connectivity index (χ3v) is 12.7. The molecule has 0 fully saturated rings. The van der Waals surface area contributed by atoms with Gasteiger partial charge in [-0.15, -0.1) is 11.3 Å². The molecular weight excluding hydrogens is 673 g/mol. The zero-order valence-corrected chi connectivity index (χ0v) is 30.0. The number of hydrogen-bond acceptors (Lipinski definition) is 2. The first-order valence-electron chi connectivity index (χ1n) is 18.5. The monoisotopic (exact) mass is 702 g/mol. The molecule has 250 valence electrons. The summed E-state index contributed by atoms with van der Waals surface area (Å²) in [6.45, 7) is 0. The molecule has 2 aromatic heterocycles. The van der Waals surface area contributed by atoms with Crippen LogP contribution in [0.4, 0.5) is 0 Å². The van der Waals surface area contributed by atoms with E-state index in [4.69, 9.17) is 4.42 Å². The van der Waals surface area contributed by atoms with Crippen molar-refractivity contribution >= 4 is 96.5 Å². The first kappa shape index (κ1) is 29.8. The Kier molecular flexibility index (Phi) is 6.28. The van der Waals surface area contributed by atoms with E-state index < -0.39 is 0 Å². The molecule has 0 aliphatic rings. The van der Waals surface area contributed by atoms with Crippen molar-refractivity contribution in [2.75, 3.05) is 0 Å².